The third-order valence-electron chi connectivity index (χ3n) is 7.70. The summed E-state index contributed by atoms with van der Waals surface area (Å²) in [4.78, 5) is 31.5. The smallest absolute Gasteiger partial charge is 0.326 e. The summed E-state index contributed by atoms with van der Waals surface area (Å²) in [6.45, 7) is 7.82. The van der Waals surface area contributed by atoms with Gasteiger partial charge in [-0.15, -0.1) is 0 Å². The van der Waals surface area contributed by atoms with Gasteiger partial charge in [0, 0.05) is 44.9 Å². The van der Waals surface area contributed by atoms with Crippen LogP contribution in [0, 0.1) is 11.3 Å². The zero-order valence-corrected chi connectivity index (χ0v) is 21.8. The van der Waals surface area contributed by atoms with Crippen LogP contribution in [-0.4, -0.2) is 72.8 Å². The molecular weight excluding hydrogens is 444 g/mol. The minimum Gasteiger partial charge on any atom is -0.480 e. The molecule has 3 rings (SSSR count). The largest absolute Gasteiger partial charge is 0.480 e. The van der Waals surface area contributed by atoms with Crippen molar-refractivity contribution in [2.45, 2.75) is 77.7 Å². The van der Waals surface area contributed by atoms with Gasteiger partial charge in [0.1, 0.15) is 11.9 Å². The number of amides is 1. The lowest BCUT2D eigenvalue weighted by Gasteiger charge is -2.29. The maximum atomic E-state index is 12.5. The summed E-state index contributed by atoms with van der Waals surface area (Å²) in [6.07, 6.45) is 8.49. The van der Waals surface area contributed by atoms with Crippen LogP contribution in [0.4, 0.5) is 5.82 Å². The number of anilines is 1. The first-order chi connectivity index (χ1) is 16.9. The van der Waals surface area contributed by atoms with E-state index in [1.54, 1.807) is 7.11 Å². The molecule has 1 unspecified atom stereocenters. The van der Waals surface area contributed by atoms with Gasteiger partial charge in [0.05, 0.1) is 6.61 Å². The molecule has 1 amide bonds. The summed E-state index contributed by atoms with van der Waals surface area (Å²) in [7, 11) is 1.69. The van der Waals surface area contributed by atoms with Crippen molar-refractivity contribution in [3.8, 4) is 0 Å². The lowest BCUT2D eigenvalue weighted by molar-refractivity contribution is -0.142. The van der Waals surface area contributed by atoms with Gasteiger partial charge in [0.2, 0.25) is 5.91 Å². The molecule has 1 aromatic heterocycles. The number of rotatable bonds is 16. The molecule has 196 valence electrons. The second-order valence-corrected chi connectivity index (χ2v) is 10.3. The van der Waals surface area contributed by atoms with E-state index in [1.165, 1.54) is 24.8 Å². The van der Waals surface area contributed by atoms with E-state index < -0.39 is 12.0 Å². The molecule has 1 atom stereocenters. The van der Waals surface area contributed by atoms with E-state index in [0.717, 1.165) is 50.4 Å². The molecule has 35 heavy (non-hydrogen) atoms. The van der Waals surface area contributed by atoms with Crippen molar-refractivity contribution in [1.29, 1.82) is 0 Å². The highest BCUT2D eigenvalue weighted by molar-refractivity contribution is 5.84. The monoisotopic (exact) mass is 488 g/mol. The van der Waals surface area contributed by atoms with Crippen molar-refractivity contribution in [2.24, 2.45) is 11.3 Å². The summed E-state index contributed by atoms with van der Waals surface area (Å²) < 4.78 is 5.32. The molecule has 1 saturated carbocycles. The predicted molar refractivity (Wildman–Crippen MR) is 138 cm³/mol. The Balaban J connectivity index is 1.55. The number of methoxy groups -OCH3 is 1. The lowest BCUT2D eigenvalue weighted by atomic mass is 9.97. The highest BCUT2D eigenvalue weighted by atomic mass is 16.5. The molecule has 8 heteroatoms. The Labute approximate surface area is 210 Å². The van der Waals surface area contributed by atoms with Crippen molar-refractivity contribution in [2.75, 3.05) is 45.2 Å². The van der Waals surface area contributed by atoms with Crippen LogP contribution >= 0.6 is 0 Å². The molecule has 0 radical (unpaired) electrons. The Morgan fingerprint density at radius 1 is 1.26 bits per heavy atom. The number of nitrogens with one attached hydrogen (secondary N) is 2. The number of carbonyl (C=O) groups is 2. The topological polar surface area (TPSA) is 104 Å². The Hall–Kier alpha value is -2.19. The zero-order chi connectivity index (χ0) is 25.3. The van der Waals surface area contributed by atoms with Gasteiger partial charge in [-0.25, -0.2) is 9.78 Å². The molecule has 3 N–H and O–H groups in total. The Morgan fingerprint density at radius 2 is 2.03 bits per heavy atom. The summed E-state index contributed by atoms with van der Waals surface area (Å²) in [5.41, 5.74) is 2.72. The first-order valence-corrected chi connectivity index (χ1v) is 13.4. The van der Waals surface area contributed by atoms with Crippen LogP contribution in [0.15, 0.2) is 12.1 Å². The van der Waals surface area contributed by atoms with Gasteiger partial charge in [0.15, 0.2) is 0 Å². The molecule has 1 fully saturated rings. The summed E-state index contributed by atoms with van der Waals surface area (Å²) in [6, 6.07) is 3.52. The third-order valence-corrected chi connectivity index (χ3v) is 7.70. The first-order valence-electron chi connectivity index (χ1n) is 13.4. The molecule has 0 bridgehead atoms. The highest BCUT2D eigenvalue weighted by Crippen LogP contribution is 2.50. The number of carbonyl (C=O) groups excluding carboxylic acids is 1. The Kier molecular flexibility index (Phi) is 10.3. The molecular formula is C27H44N4O4. The molecule has 0 aromatic carbocycles. The molecule has 1 aliphatic heterocycles. The van der Waals surface area contributed by atoms with E-state index in [4.69, 9.17) is 9.72 Å². The lowest BCUT2D eigenvalue weighted by Crippen LogP contribution is -2.46. The van der Waals surface area contributed by atoms with Gasteiger partial charge in [-0.2, -0.15) is 0 Å². The van der Waals surface area contributed by atoms with E-state index in [2.05, 4.69) is 27.7 Å². The van der Waals surface area contributed by atoms with Crippen LogP contribution in [0.1, 0.15) is 70.1 Å². The van der Waals surface area contributed by atoms with Crippen molar-refractivity contribution in [1.82, 2.24) is 15.2 Å². The molecule has 2 aliphatic rings. The van der Waals surface area contributed by atoms with Crippen LogP contribution in [-0.2, 0) is 27.2 Å². The second kappa shape index (κ2) is 13.2. The molecule has 0 saturated heterocycles. The summed E-state index contributed by atoms with van der Waals surface area (Å²) in [5, 5.41) is 15.9. The van der Waals surface area contributed by atoms with Gasteiger partial charge in [-0.3, -0.25) is 4.79 Å². The summed E-state index contributed by atoms with van der Waals surface area (Å²) in [5.74, 6) is -0.209. The van der Waals surface area contributed by atoms with E-state index in [0.29, 0.717) is 32.4 Å². The normalized spacial score (nSPS) is 17.1. The number of fused-ring (bicyclic) bond motifs is 1. The van der Waals surface area contributed by atoms with Crippen LogP contribution in [0.2, 0.25) is 0 Å². The quantitative estimate of drug-likeness (QED) is 0.327. The van der Waals surface area contributed by atoms with E-state index >= 15 is 0 Å². The number of carboxylic acids is 1. The number of pyridine rings is 1. The minimum atomic E-state index is -0.968. The van der Waals surface area contributed by atoms with Crippen molar-refractivity contribution >= 4 is 17.7 Å². The van der Waals surface area contributed by atoms with Crippen LogP contribution in [0.25, 0.3) is 0 Å². The highest BCUT2D eigenvalue weighted by Gasteiger charge is 2.43. The van der Waals surface area contributed by atoms with Crippen LogP contribution < -0.4 is 10.6 Å². The number of hydrogen-bond donors (Lipinski definition) is 3. The van der Waals surface area contributed by atoms with Gasteiger partial charge in [0.25, 0.3) is 0 Å². The fourth-order valence-electron chi connectivity index (χ4n) is 5.05. The Morgan fingerprint density at radius 3 is 2.69 bits per heavy atom. The van der Waals surface area contributed by atoms with Gasteiger partial charge in [-0.05, 0) is 74.8 Å². The minimum absolute atomic E-state index is 0.136. The number of ether oxygens (including phenoxy) is 1. The first kappa shape index (κ1) is 27.4. The van der Waals surface area contributed by atoms with Crippen LogP contribution in [0.3, 0.4) is 0 Å². The average Bonchev–Trinajstić information content (AvgIpc) is 3.63. The maximum absolute atomic E-state index is 12.5. The maximum Gasteiger partial charge on any atom is 0.326 e. The average molecular weight is 489 g/mol. The van der Waals surface area contributed by atoms with E-state index in [9.17, 15) is 14.7 Å². The number of carboxylic acid groups (broad SMARTS) is 1. The van der Waals surface area contributed by atoms with E-state index in [1.807, 2.05) is 13.8 Å². The van der Waals surface area contributed by atoms with Gasteiger partial charge >= 0.3 is 5.97 Å². The van der Waals surface area contributed by atoms with Crippen molar-refractivity contribution < 1.29 is 19.4 Å². The number of aliphatic carboxylic acids is 1. The predicted octanol–water partition coefficient (Wildman–Crippen LogP) is 3.50. The molecule has 1 aliphatic carbocycles. The zero-order valence-electron chi connectivity index (χ0n) is 21.8. The molecule has 1 aromatic rings. The SMILES string of the molecule is CCC(CC)C(=O)NC(CCN(CCOC)CC1(CCc2ccc3c(n2)NCCC3)CC1)C(=O)O. The number of nitrogens with zero attached hydrogens (tertiary/aromatic N) is 2. The molecule has 0 spiro atoms. The van der Waals surface area contributed by atoms with Gasteiger partial charge < -0.3 is 25.4 Å². The molecule has 8 nitrogen and oxygen atoms in total. The van der Waals surface area contributed by atoms with Gasteiger partial charge in [-0.1, -0.05) is 19.9 Å². The number of aryl methyl sites for hydroxylation is 2. The fraction of sp³-hybridized carbons (Fsp3) is 0.741. The standard InChI is InChI=1S/C27H44N4O4/c1-4-20(5-2)25(32)30-23(26(33)34)11-16-31(17-18-35-3)19-27(13-14-27)12-10-22-9-8-21-7-6-15-28-24(21)29-22/h8-9,20,23H,4-7,10-19H2,1-3H3,(H,28,29)(H,30,32)(H,33,34). The summed E-state index contributed by atoms with van der Waals surface area (Å²) >= 11 is 0. The molecule has 2 heterocycles. The Bertz CT molecular complexity index is 838. The second-order valence-electron chi connectivity index (χ2n) is 10.3. The van der Waals surface area contributed by atoms with E-state index in [-0.39, 0.29) is 17.2 Å². The number of aromatic nitrogens is 1. The fourth-order valence-corrected chi connectivity index (χ4v) is 5.05. The van der Waals surface area contributed by atoms with Crippen molar-refractivity contribution in [3.63, 3.8) is 0 Å². The third kappa shape index (κ3) is 8.17. The number of hydrogen-bond acceptors (Lipinski definition) is 6. The van der Waals surface area contributed by atoms with Crippen molar-refractivity contribution in [3.05, 3.63) is 23.4 Å². The van der Waals surface area contributed by atoms with Crippen LogP contribution in [0.5, 0.6) is 0 Å².